The lowest BCUT2D eigenvalue weighted by molar-refractivity contribution is -0.149. The van der Waals surface area contributed by atoms with Crippen LogP contribution in [0.2, 0.25) is 0 Å². The van der Waals surface area contributed by atoms with E-state index in [-0.39, 0.29) is 48.4 Å². The number of hydrogen-bond donors (Lipinski definition) is 1. The van der Waals surface area contributed by atoms with Crippen LogP contribution in [-0.2, 0) is 29.0 Å². The number of esters is 1. The van der Waals surface area contributed by atoms with Gasteiger partial charge < -0.3 is 10.1 Å². The Morgan fingerprint density at radius 1 is 1.20 bits per heavy atom. The summed E-state index contributed by atoms with van der Waals surface area (Å²) >= 11 is 0. The Morgan fingerprint density at radius 2 is 1.90 bits per heavy atom. The molecule has 1 fully saturated rings. The first kappa shape index (κ1) is 21.9. The molecule has 0 radical (unpaired) electrons. The zero-order valence-electron chi connectivity index (χ0n) is 16.9. The third kappa shape index (κ3) is 5.24. The van der Waals surface area contributed by atoms with Gasteiger partial charge in [0.25, 0.3) is 5.91 Å². The summed E-state index contributed by atoms with van der Waals surface area (Å²) in [5.41, 5.74) is 0.927. The van der Waals surface area contributed by atoms with Gasteiger partial charge in [-0.15, -0.1) is 0 Å². The van der Waals surface area contributed by atoms with Crippen LogP contribution in [0.25, 0.3) is 0 Å². The van der Waals surface area contributed by atoms with E-state index in [4.69, 9.17) is 4.74 Å². The van der Waals surface area contributed by atoms with Crippen molar-refractivity contribution in [1.82, 2.24) is 10.3 Å². The van der Waals surface area contributed by atoms with E-state index in [1.54, 1.807) is 0 Å². The van der Waals surface area contributed by atoms with Gasteiger partial charge in [-0.3, -0.25) is 9.59 Å². The molecule has 0 aliphatic carbocycles. The molecule has 2 amide bonds. The van der Waals surface area contributed by atoms with Crippen molar-refractivity contribution in [2.24, 2.45) is 5.10 Å². The van der Waals surface area contributed by atoms with Gasteiger partial charge in [0.1, 0.15) is 5.71 Å². The smallest absolute Gasteiger partial charge is 0.355 e. The van der Waals surface area contributed by atoms with Gasteiger partial charge in [-0.1, -0.05) is 30.3 Å². The normalized spacial score (nSPS) is 22.7. The monoisotopic (exact) mass is 435 g/mol. The van der Waals surface area contributed by atoms with Gasteiger partial charge in [-0.2, -0.15) is 5.10 Å². The zero-order chi connectivity index (χ0) is 21.9. The number of carbonyl (C=O) groups excluding carboxylic acids is 3. The average Bonchev–Trinajstić information content (AvgIpc) is 3.08. The van der Waals surface area contributed by atoms with Crippen LogP contribution in [0.15, 0.2) is 35.4 Å². The number of rotatable bonds is 6. The maximum absolute atomic E-state index is 12.5. The van der Waals surface area contributed by atoms with E-state index < -0.39 is 33.9 Å². The zero-order valence-corrected chi connectivity index (χ0v) is 17.7. The van der Waals surface area contributed by atoms with Gasteiger partial charge in [0, 0.05) is 12.8 Å². The van der Waals surface area contributed by atoms with Gasteiger partial charge in [-0.05, 0) is 25.8 Å². The summed E-state index contributed by atoms with van der Waals surface area (Å²) in [4.78, 5) is 37.0. The van der Waals surface area contributed by atoms with Crippen molar-refractivity contribution < 1.29 is 27.5 Å². The summed E-state index contributed by atoms with van der Waals surface area (Å²) in [5.74, 6) is -1.74. The summed E-state index contributed by atoms with van der Waals surface area (Å²) in [6.07, 6.45) is -0.640. The van der Waals surface area contributed by atoms with E-state index in [1.165, 1.54) is 6.92 Å². The molecule has 3 atom stereocenters. The van der Waals surface area contributed by atoms with Crippen LogP contribution in [0.1, 0.15) is 44.7 Å². The lowest BCUT2D eigenvalue weighted by Crippen LogP contribution is -2.43. The third-order valence-corrected chi connectivity index (χ3v) is 6.91. The van der Waals surface area contributed by atoms with E-state index in [9.17, 15) is 22.8 Å². The molecule has 2 heterocycles. The van der Waals surface area contributed by atoms with Crippen LogP contribution in [0.4, 0.5) is 0 Å². The minimum atomic E-state index is -3.20. The maximum atomic E-state index is 12.5. The molecule has 1 aromatic carbocycles. The molecule has 1 saturated heterocycles. The van der Waals surface area contributed by atoms with Crippen molar-refractivity contribution in [1.29, 1.82) is 0 Å². The third-order valence-electron chi connectivity index (χ3n) is 5.16. The van der Waals surface area contributed by atoms with E-state index in [0.717, 1.165) is 10.6 Å². The number of hydrazone groups is 1. The Kier molecular flexibility index (Phi) is 6.55. The number of hydrogen-bond acceptors (Lipinski definition) is 7. The summed E-state index contributed by atoms with van der Waals surface area (Å²) in [7, 11) is -3.20. The van der Waals surface area contributed by atoms with Crippen molar-refractivity contribution in [3.8, 4) is 0 Å². The standard InChI is InChI=1S/C20H25N3O6S/c1-13(15-6-4-3-5-7-15)21-19(25)14(2)29-20(26)17-8-9-18(24)23(22-17)16-10-11-30(27,28)12-16/h3-7,13-14,16H,8-12H2,1-2H3,(H,21,25)/t13-,14+,16-/m1/s1. The van der Waals surface area contributed by atoms with E-state index >= 15 is 0 Å². The van der Waals surface area contributed by atoms with Crippen molar-refractivity contribution in [2.75, 3.05) is 11.5 Å². The highest BCUT2D eigenvalue weighted by Crippen LogP contribution is 2.22. The molecule has 1 aromatic rings. The van der Waals surface area contributed by atoms with Crippen molar-refractivity contribution in [3.63, 3.8) is 0 Å². The topological polar surface area (TPSA) is 122 Å². The first-order valence-electron chi connectivity index (χ1n) is 9.82. The Labute approximate surface area is 175 Å². The molecule has 9 nitrogen and oxygen atoms in total. The first-order valence-corrected chi connectivity index (χ1v) is 11.6. The molecule has 0 bridgehead atoms. The van der Waals surface area contributed by atoms with Crippen molar-refractivity contribution >= 4 is 33.3 Å². The van der Waals surface area contributed by atoms with Crippen LogP contribution in [0.5, 0.6) is 0 Å². The van der Waals surface area contributed by atoms with E-state index in [1.807, 2.05) is 37.3 Å². The minimum Gasteiger partial charge on any atom is -0.448 e. The maximum Gasteiger partial charge on any atom is 0.355 e. The molecular formula is C20H25N3O6S. The highest BCUT2D eigenvalue weighted by atomic mass is 32.2. The van der Waals surface area contributed by atoms with Gasteiger partial charge in [0.05, 0.1) is 23.6 Å². The summed E-state index contributed by atoms with van der Waals surface area (Å²) in [6, 6.07) is 8.54. The Morgan fingerprint density at radius 3 is 2.53 bits per heavy atom. The fourth-order valence-electron chi connectivity index (χ4n) is 3.41. The predicted molar refractivity (Wildman–Crippen MR) is 109 cm³/mol. The molecule has 0 unspecified atom stereocenters. The van der Waals surface area contributed by atoms with Crippen LogP contribution in [-0.4, -0.2) is 60.6 Å². The van der Waals surface area contributed by atoms with Crippen LogP contribution in [0.3, 0.4) is 0 Å². The second-order valence-corrected chi connectivity index (χ2v) is 9.76. The minimum absolute atomic E-state index is 0.00640. The SMILES string of the molecule is C[C@H](OC(=O)C1=NN([C@@H]2CCS(=O)(=O)C2)C(=O)CC1)C(=O)N[C@H](C)c1ccccc1. The van der Waals surface area contributed by atoms with E-state index in [0.29, 0.717) is 0 Å². The highest BCUT2D eigenvalue weighted by Gasteiger charge is 2.38. The molecule has 1 N–H and O–H groups in total. The summed E-state index contributed by atoms with van der Waals surface area (Å²) < 4.78 is 28.6. The van der Waals surface area contributed by atoms with Gasteiger partial charge >= 0.3 is 5.97 Å². The second kappa shape index (κ2) is 8.95. The predicted octanol–water partition coefficient (Wildman–Crippen LogP) is 0.961. The number of nitrogens with zero attached hydrogens (tertiary/aromatic N) is 2. The van der Waals surface area contributed by atoms with Crippen molar-refractivity contribution in [3.05, 3.63) is 35.9 Å². The van der Waals surface area contributed by atoms with Gasteiger partial charge in [0.2, 0.25) is 5.91 Å². The van der Waals surface area contributed by atoms with E-state index in [2.05, 4.69) is 10.4 Å². The number of benzene rings is 1. The molecule has 0 saturated carbocycles. The molecule has 2 aliphatic rings. The number of ether oxygens (including phenoxy) is 1. The second-order valence-electron chi connectivity index (χ2n) is 7.53. The molecule has 30 heavy (non-hydrogen) atoms. The summed E-state index contributed by atoms with van der Waals surface area (Å²) in [5, 5.41) is 7.94. The van der Waals surface area contributed by atoms with Crippen LogP contribution < -0.4 is 5.32 Å². The molecule has 2 aliphatic heterocycles. The molecule has 162 valence electrons. The Bertz CT molecular complexity index is 960. The highest BCUT2D eigenvalue weighted by molar-refractivity contribution is 7.91. The average molecular weight is 436 g/mol. The lowest BCUT2D eigenvalue weighted by atomic mass is 10.1. The number of amides is 2. The molecular weight excluding hydrogens is 410 g/mol. The molecule has 10 heteroatoms. The number of carbonyl (C=O) groups is 3. The lowest BCUT2D eigenvalue weighted by Gasteiger charge is -2.27. The molecule has 0 spiro atoms. The Hall–Kier alpha value is -2.75. The van der Waals surface area contributed by atoms with Gasteiger partial charge in [0.15, 0.2) is 15.9 Å². The molecule has 3 rings (SSSR count). The number of sulfone groups is 1. The van der Waals surface area contributed by atoms with Gasteiger partial charge in [-0.25, -0.2) is 18.2 Å². The fourth-order valence-corrected chi connectivity index (χ4v) is 5.10. The summed E-state index contributed by atoms with van der Waals surface area (Å²) in [6.45, 7) is 3.28. The van der Waals surface area contributed by atoms with Crippen LogP contribution in [0, 0.1) is 0 Å². The van der Waals surface area contributed by atoms with Crippen LogP contribution >= 0.6 is 0 Å². The largest absolute Gasteiger partial charge is 0.448 e. The number of nitrogens with one attached hydrogen (secondary N) is 1. The Balaban J connectivity index is 1.60. The molecule has 0 aromatic heterocycles. The quantitative estimate of drug-likeness (QED) is 0.664. The first-order chi connectivity index (χ1) is 14.2. The van der Waals surface area contributed by atoms with Crippen molar-refractivity contribution in [2.45, 2.75) is 51.3 Å². The fraction of sp³-hybridized carbons (Fsp3) is 0.500.